The minimum atomic E-state index is -0.460. The maximum atomic E-state index is 12.9. The Morgan fingerprint density at radius 3 is 2.29 bits per heavy atom. The van der Waals surface area contributed by atoms with E-state index in [1.807, 2.05) is 0 Å². The van der Waals surface area contributed by atoms with Gasteiger partial charge in [-0.1, -0.05) is 18.2 Å². The van der Waals surface area contributed by atoms with Gasteiger partial charge in [0.25, 0.3) is 5.91 Å². The molecule has 6 heteroatoms. The van der Waals surface area contributed by atoms with Crippen molar-refractivity contribution < 1.29 is 23.5 Å². The number of rotatable bonds is 6. The molecule has 1 amide bonds. The number of ether oxygens (including phenoxy) is 2. The van der Waals surface area contributed by atoms with E-state index in [0.717, 1.165) is 5.56 Å². The van der Waals surface area contributed by atoms with Crippen LogP contribution in [0.3, 0.4) is 0 Å². The number of nitrogens with one attached hydrogen (secondary N) is 1. The van der Waals surface area contributed by atoms with E-state index in [1.54, 1.807) is 48.5 Å². The largest absolute Gasteiger partial charge is 0.489 e. The zero-order valence-corrected chi connectivity index (χ0v) is 15.1. The van der Waals surface area contributed by atoms with E-state index in [2.05, 4.69) is 10.1 Å². The Morgan fingerprint density at radius 2 is 1.61 bits per heavy atom. The summed E-state index contributed by atoms with van der Waals surface area (Å²) in [5, 5.41) is 2.78. The number of anilines is 1. The number of esters is 1. The van der Waals surface area contributed by atoms with Gasteiger partial charge in [-0.15, -0.1) is 0 Å². The van der Waals surface area contributed by atoms with Crippen LogP contribution in [0.2, 0.25) is 0 Å². The van der Waals surface area contributed by atoms with E-state index in [1.165, 1.54) is 31.4 Å². The van der Waals surface area contributed by atoms with Crippen molar-refractivity contribution in [2.75, 3.05) is 12.4 Å². The third kappa shape index (κ3) is 4.94. The van der Waals surface area contributed by atoms with Crippen LogP contribution in [0.4, 0.5) is 10.1 Å². The minimum absolute atomic E-state index is 0.284. The van der Waals surface area contributed by atoms with Crippen LogP contribution in [0.5, 0.6) is 5.75 Å². The third-order valence-corrected chi connectivity index (χ3v) is 3.98. The number of amides is 1. The van der Waals surface area contributed by atoms with Crippen LogP contribution in [0.1, 0.15) is 26.3 Å². The second kappa shape index (κ2) is 8.81. The van der Waals surface area contributed by atoms with Crippen molar-refractivity contribution in [3.8, 4) is 5.75 Å². The van der Waals surface area contributed by atoms with E-state index in [0.29, 0.717) is 22.6 Å². The predicted molar refractivity (Wildman–Crippen MR) is 103 cm³/mol. The van der Waals surface area contributed by atoms with Gasteiger partial charge in [-0.05, 0) is 54.1 Å². The smallest absolute Gasteiger partial charge is 0.337 e. The fourth-order valence-electron chi connectivity index (χ4n) is 2.49. The number of carbonyl (C=O) groups is 2. The first-order chi connectivity index (χ1) is 13.5. The molecular formula is C22H18FNO4. The van der Waals surface area contributed by atoms with Crippen LogP contribution in [0.15, 0.2) is 72.8 Å². The van der Waals surface area contributed by atoms with Gasteiger partial charge in [0.1, 0.15) is 18.2 Å². The topological polar surface area (TPSA) is 64.6 Å². The van der Waals surface area contributed by atoms with E-state index in [9.17, 15) is 14.0 Å². The molecule has 0 aliphatic rings. The number of halogens is 1. The van der Waals surface area contributed by atoms with Crippen molar-refractivity contribution >= 4 is 17.6 Å². The summed E-state index contributed by atoms with van der Waals surface area (Å²) in [7, 11) is 1.30. The summed E-state index contributed by atoms with van der Waals surface area (Å²) >= 11 is 0. The molecular weight excluding hydrogens is 361 g/mol. The first-order valence-corrected chi connectivity index (χ1v) is 8.52. The van der Waals surface area contributed by atoms with Crippen LogP contribution in [-0.4, -0.2) is 19.0 Å². The third-order valence-electron chi connectivity index (χ3n) is 3.98. The number of hydrogen-bond acceptors (Lipinski definition) is 4. The molecule has 0 atom stereocenters. The highest BCUT2D eigenvalue weighted by atomic mass is 19.1. The number of carbonyl (C=O) groups excluding carboxylic acids is 2. The van der Waals surface area contributed by atoms with Gasteiger partial charge in [-0.25, -0.2) is 9.18 Å². The Balaban J connectivity index is 1.62. The SMILES string of the molecule is COC(=O)c1ccc(C(=O)Nc2cccc(OCc3ccc(F)cc3)c2)cc1. The molecule has 28 heavy (non-hydrogen) atoms. The van der Waals surface area contributed by atoms with Gasteiger partial charge < -0.3 is 14.8 Å². The lowest BCUT2D eigenvalue weighted by Gasteiger charge is -2.10. The van der Waals surface area contributed by atoms with Crippen molar-refractivity contribution in [3.05, 3.63) is 95.3 Å². The highest BCUT2D eigenvalue weighted by Crippen LogP contribution is 2.19. The molecule has 3 aromatic rings. The lowest BCUT2D eigenvalue weighted by Crippen LogP contribution is -2.12. The quantitative estimate of drug-likeness (QED) is 0.643. The van der Waals surface area contributed by atoms with Gasteiger partial charge >= 0.3 is 5.97 Å². The summed E-state index contributed by atoms with van der Waals surface area (Å²) in [6.07, 6.45) is 0. The zero-order valence-electron chi connectivity index (χ0n) is 15.1. The maximum Gasteiger partial charge on any atom is 0.337 e. The van der Waals surface area contributed by atoms with Crippen LogP contribution in [0, 0.1) is 5.82 Å². The zero-order chi connectivity index (χ0) is 19.9. The second-order valence-corrected chi connectivity index (χ2v) is 5.97. The van der Waals surface area contributed by atoms with Crippen LogP contribution >= 0.6 is 0 Å². The molecule has 0 saturated heterocycles. The van der Waals surface area contributed by atoms with Gasteiger partial charge in [0.15, 0.2) is 0 Å². The van der Waals surface area contributed by atoms with Crippen LogP contribution < -0.4 is 10.1 Å². The molecule has 0 unspecified atom stereocenters. The van der Waals surface area contributed by atoms with E-state index in [-0.39, 0.29) is 18.3 Å². The minimum Gasteiger partial charge on any atom is -0.489 e. The molecule has 0 heterocycles. The van der Waals surface area contributed by atoms with Crippen LogP contribution in [0.25, 0.3) is 0 Å². The Morgan fingerprint density at radius 1 is 0.929 bits per heavy atom. The van der Waals surface area contributed by atoms with E-state index >= 15 is 0 Å². The van der Waals surface area contributed by atoms with Gasteiger partial charge in [-0.3, -0.25) is 4.79 Å². The Labute approximate surface area is 161 Å². The summed E-state index contributed by atoms with van der Waals surface area (Å²) < 4.78 is 23.3. The lowest BCUT2D eigenvalue weighted by molar-refractivity contribution is 0.0600. The maximum absolute atomic E-state index is 12.9. The molecule has 0 spiro atoms. The molecule has 0 aliphatic heterocycles. The molecule has 142 valence electrons. The summed E-state index contributed by atoms with van der Waals surface area (Å²) in [5.41, 5.74) is 2.18. The molecule has 0 radical (unpaired) electrons. The summed E-state index contributed by atoms with van der Waals surface area (Å²) in [4.78, 5) is 23.8. The summed E-state index contributed by atoms with van der Waals surface area (Å²) in [6.45, 7) is 0.284. The van der Waals surface area contributed by atoms with Gasteiger partial charge in [0, 0.05) is 17.3 Å². The van der Waals surface area contributed by atoms with Gasteiger partial charge in [-0.2, -0.15) is 0 Å². The molecule has 0 fully saturated rings. The second-order valence-electron chi connectivity index (χ2n) is 5.97. The molecule has 1 N–H and O–H groups in total. The monoisotopic (exact) mass is 379 g/mol. The van der Waals surface area contributed by atoms with E-state index < -0.39 is 5.97 Å². The standard InChI is InChI=1S/C22H18FNO4/c1-27-22(26)17-9-7-16(8-10-17)21(25)24-19-3-2-4-20(13-19)28-14-15-5-11-18(23)12-6-15/h2-13H,14H2,1H3,(H,24,25). The normalized spacial score (nSPS) is 10.2. The lowest BCUT2D eigenvalue weighted by atomic mass is 10.1. The van der Waals surface area contributed by atoms with Crippen LogP contribution in [-0.2, 0) is 11.3 Å². The van der Waals surface area contributed by atoms with E-state index in [4.69, 9.17) is 4.74 Å². The molecule has 3 rings (SSSR count). The van der Waals surface area contributed by atoms with Crippen molar-refractivity contribution in [3.63, 3.8) is 0 Å². The predicted octanol–water partition coefficient (Wildman–Crippen LogP) is 4.44. The van der Waals surface area contributed by atoms with Crippen molar-refractivity contribution in [2.24, 2.45) is 0 Å². The average Bonchev–Trinajstić information content (AvgIpc) is 2.73. The first-order valence-electron chi connectivity index (χ1n) is 8.52. The first kappa shape index (κ1) is 19.1. The van der Waals surface area contributed by atoms with Crippen molar-refractivity contribution in [2.45, 2.75) is 6.61 Å². The number of methoxy groups -OCH3 is 1. The highest BCUT2D eigenvalue weighted by Gasteiger charge is 2.10. The van der Waals surface area contributed by atoms with Gasteiger partial charge in [0.05, 0.1) is 12.7 Å². The molecule has 5 nitrogen and oxygen atoms in total. The van der Waals surface area contributed by atoms with Gasteiger partial charge in [0.2, 0.25) is 0 Å². The fourth-order valence-corrected chi connectivity index (χ4v) is 2.49. The Bertz CT molecular complexity index is 969. The summed E-state index contributed by atoms with van der Waals surface area (Å²) in [6, 6.07) is 19.2. The fraction of sp³-hybridized carbons (Fsp3) is 0.0909. The van der Waals surface area contributed by atoms with Crippen molar-refractivity contribution in [1.82, 2.24) is 0 Å². The molecule has 0 aliphatic carbocycles. The number of hydrogen-bond donors (Lipinski definition) is 1. The Hall–Kier alpha value is -3.67. The highest BCUT2D eigenvalue weighted by molar-refractivity contribution is 6.04. The molecule has 0 saturated carbocycles. The number of benzene rings is 3. The average molecular weight is 379 g/mol. The molecule has 0 aromatic heterocycles. The Kier molecular flexibility index (Phi) is 6.01. The molecule has 3 aromatic carbocycles. The molecule has 0 bridgehead atoms. The summed E-state index contributed by atoms with van der Waals surface area (Å²) in [5.74, 6) is -0.499. The van der Waals surface area contributed by atoms with Crippen molar-refractivity contribution in [1.29, 1.82) is 0 Å².